The lowest BCUT2D eigenvalue weighted by Crippen LogP contribution is -2.06. The standard InChI is InChI=1S/4C3H7NO/c4*1-4(2)3-5/h4*3H,1-2H3. The summed E-state index contributed by atoms with van der Waals surface area (Å²) in [6.07, 6.45) is 3.00. The molecule has 0 aliphatic heterocycles. The first-order valence-corrected chi connectivity index (χ1v) is 5.55. The molecule has 0 aromatic heterocycles. The van der Waals surface area contributed by atoms with Crippen LogP contribution in [0, 0.1) is 0 Å². The summed E-state index contributed by atoms with van der Waals surface area (Å²) in [5.74, 6) is 0. The van der Waals surface area contributed by atoms with Crippen LogP contribution in [-0.2, 0) is 19.2 Å². The van der Waals surface area contributed by atoms with Crippen molar-refractivity contribution in [2.75, 3.05) is 56.4 Å². The highest BCUT2D eigenvalue weighted by Crippen LogP contribution is 1.53. The van der Waals surface area contributed by atoms with Crippen molar-refractivity contribution in [2.45, 2.75) is 0 Å². The summed E-state index contributed by atoms with van der Waals surface area (Å²) in [5.41, 5.74) is 0. The summed E-state index contributed by atoms with van der Waals surface area (Å²) in [5, 5.41) is 0. The SMILES string of the molecule is CN(C)C=O.CN(C)C=O.CN(C)C=O.CN(C)C=O. The van der Waals surface area contributed by atoms with Crippen LogP contribution in [0.5, 0.6) is 0 Å². The van der Waals surface area contributed by atoms with E-state index in [2.05, 4.69) is 0 Å². The molecule has 0 atom stereocenters. The van der Waals surface area contributed by atoms with Crippen LogP contribution in [0.4, 0.5) is 0 Å². The minimum Gasteiger partial charge on any atom is -0.351 e. The zero-order valence-corrected chi connectivity index (χ0v) is 13.7. The molecule has 20 heavy (non-hydrogen) atoms. The van der Waals surface area contributed by atoms with Crippen molar-refractivity contribution in [3.8, 4) is 0 Å². The molecule has 8 heteroatoms. The van der Waals surface area contributed by atoms with E-state index in [4.69, 9.17) is 0 Å². The minimum absolute atomic E-state index is 0.750. The third-order valence-electron chi connectivity index (χ3n) is 0.843. The summed E-state index contributed by atoms with van der Waals surface area (Å²) in [6.45, 7) is 0. The third kappa shape index (κ3) is 102. The second-order valence-electron chi connectivity index (χ2n) is 4.28. The van der Waals surface area contributed by atoms with E-state index < -0.39 is 0 Å². The Morgan fingerprint density at radius 1 is 0.400 bits per heavy atom. The van der Waals surface area contributed by atoms with Gasteiger partial charge in [0.25, 0.3) is 0 Å². The molecule has 8 nitrogen and oxygen atoms in total. The highest BCUT2D eigenvalue weighted by Gasteiger charge is 1.69. The van der Waals surface area contributed by atoms with E-state index in [1.165, 1.54) is 19.6 Å². The van der Waals surface area contributed by atoms with Gasteiger partial charge < -0.3 is 19.6 Å². The number of rotatable bonds is 4. The van der Waals surface area contributed by atoms with Crippen LogP contribution in [-0.4, -0.2) is 102 Å². The molecule has 120 valence electrons. The van der Waals surface area contributed by atoms with Crippen LogP contribution in [0.25, 0.3) is 0 Å². The lowest BCUT2D eigenvalue weighted by molar-refractivity contribution is -0.116. The van der Waals surface area contributed by atoms with Gasteiger partial charge in [0.2, 0.25) is 25.6 Å². The van der Waals surface area contributed by atoms with Gasteiger partial charge in [-0.15, -0.1) is 0 Å². The smallest absolute Gasteiger partial charge is 0.209 e. The normalized spacial score (nSPS) is 6.80. The Morgan fingerprint density at radius 3 is 0.450 bits per heavy atom. The Kier molecular flexibility index (Phi) is 29.2. The van der Waals surface area contributed by atoms with Crippen molar-refractivity contribution < 1.29 is 19.2 Å². The molecular weight excluding hydrogens is 264 g/mol. The number of carbonyl (C=O) groups excluding carboxylic acids is 4. The molecule has 0 aliphatic carbocycles. The van der Waals surface area contributed by atoms with Crippen molar-refractivity contribution >= 4 is 25.6 Å². The number of hydrogen-bond donors (Lipinski definition) is 0. The van der Waals surface area contributed by atoms with Gasteiger partial charge in [0, 0.05) is 56.4 Å². The van der Waals surface area contributed by atoms with Crippen LogP contribution >= 0.6 is 0 Å². The van der Waals surface area contributed by atoms with Crippen LogP contribution in [0.1, 0.15) is 0 Å². The predicted octanol–water partition coefficient (Wildman–Crippen LogP) is -1.18. The van der Waals surface area contributed by atoms with Gasteiger partial charge in [0.1, 0.15) is 0 Å². The van der Waals surface area contributed by atoms with Crippen LogP contribution < -0.4 is 0 Å². The molecule has 0 heterocycles. The zero-order chi connectivity index (χ0) is 17.1. The van der Waals surface area contributed by atoms with Gasteiger partial charge in [0.15, 0.2) is 0 Å². The van der Waals surface area contributed by atoms with E-state index in [0.29, 0.717) is 0 Å². The first-order valence-electron chi connectivity index (χ1n) is 5.55. The van der Waals surface area contributed by atoms with E-state index in [9.17, 15) is 19.2 Å². The van der Waals surface area contributed by atoms with E-state index >= 15 is 0 Å². The molecule has 4 amide bonds. The lowest BCUT2D eigenvalue weighted by atomic mass is 11.0. The van der Waals surface area contributed by atoms with Gasteiger partial charge in [-0.1, -0.05) is 0 Å². The molecule has 0 fully saturated rings. The maximum absolute atomic E-state index is 9.43. The Labute approximate surface area is 121 Å². The summed E-state index contributed by atoms with van der Waals surface area (Å²) >= 11 is 0. The van der Waals surface area contributed by atoms with E-state index in [0.717, 1.165) is 25.6 Å². The monoisotopic (exact) mass is 292 g/mol. The molecular formula is C12H28N4O4. The molecule has 0 radical (unpaired) electrons. The third-order valence-corrected chi connectivity index (χ3v) is 0.843. The molecule has 0 unspecified atom stereocenters. The number of amides is 4. The van der Waals surface area contributed by atoms with Gasteiger partial charge >= 0.3 is 0 Å². The summed E-state index contributed by atoms with van der Waals surface area (Å²) in [4.78, 5) is 43.5. The molecule has 0 aliphatic rings. The average Bonchev–Trinajstić information content (AvgIpc) is 2.40. The van der Waals surface area contributed by atoms with Crippen molar-refractivity contribution in [3.05, 3.63) is 0 Å². The van der Waals surface area contributed by atoms with Gasteiger partial charge in [-0.25, -0.2) is 0 Å². The fraction of sp³-hybridized carbons (Fsp3) is 0.667. The Balaban J connectivity index is -0.0000000853. The molecule has 0 saturated heterocycles. The summed E-state index contributed by atoms with van der Waals surface area (Å²) in [7, 11) is 13.5. The van der Waals surface area contributed by atoms with Crippen molar-refractivity contribution in [2.24, 2.45) is 0 Å². The average molecular weight is 292 g/mol. The molecule has 0 bridgehead atoms. The van der Waals surface area contributed by atoms with Gasteiger partial charge in [-0.05, 0) is 0 Å². The summed E-state index contributed by atoms with van der Waals surface area (Å²) < 4.78 is 0. The zero-order valence-electron chi connectivity index (χ0n) is 13.7. The fourth-order valence-electron chi connectivity index (χ4n) is 0. The highest BCUT2D eigenvalue weighted by atomic mass is 16.1. The van der Waals surface area contributed by atoms with Crippen LogP contribution in [0.2, 0.25) is 0 Å². The predicted molar refractivity (Wildman–Crippen MR) is 79.0 cm³/mol. The molecule has 0 aromatic carbocycles. The minimum atomic E-state index is 0.750. The molecule has 0 N–H and O–H groups in total. The van der Waals surface area contributed by atoms with Crippen molar-refractivity contribution in [1.29, 1.82) is 0 Å². The Morgan fingerprint density at radius 2 is 0.450 bits per heavy atom. The lowest BCUT2D eigenvalue weighted by Gasteiger charge is -1.93. The number of hydrogen-bond acceptors (Lipinski definition) is 4. The fourth-order valence-corrected chi connectivity index (χ4v) is 0. The van der Waals surface area contributed by atoms with Crippen LogP contribution in [0.3, 0.4) is 0 Å². The second-order valence-corrected chi connectivity index (χ2v) is 4.28. The summed E-state index contributed by atoms with van der Waals surface area (Å²) in [6, 6.07) is 0. The van der Waals surface area contributed by atoms with Crippen molar-refractivity contribution in [3.63, 3.8) is 0 Å². The maximum atomic E-state index is 9.43. The molecule has 0 spiro atoms. The Hall–Kier alpha value is -2.12. The largest absolute Gasteiger partial charge is 0.351 e. The topological polar surface area (TPSA) is 81.2 Å². The molecule has 0 aromatic rings. The molecule has 0 saturated carbocycles. The first-order chi connectivity index (χ1) is 9.08. The van der Waals surface area contributed by atoms with Crippen molar-refractivity contribution in [1.82, 2.24) is 19.6 Å². The second kappa shape index (κ2) is 22.1. The van der Waals surface area contributed by atoms with Gasteiger partial charge in [-0.2, -0.15) is 0 Å². The molecule has 0 rings (SSSR count). The Bertz CT molecular complexity index is 183. The number of nitrogens with zero attached hydrogens (tertiary/aromatic N) is 4. The van der Waals surface area contributed by atoms with Gasteiger partial charge in [-0.3, -0.25) is 19.2 Å². The highest BCUT2D eigenvalue weighted by molar-refractivity contribution is 5.46. The first kappa shape index (κ1) is 26.4. The quantitative estimate of drug-likeness (QED) is 0.611. The van der Waals surface area contributed by atoms with E-state index in [-0.39, 0.29) is 0 Å². The van der Waals surface area contributed by atoms with Gasteiger partial charge in [0.05, 0.1) is 0 Å². The van der Waals surface area contributed by atoms with E-state index in [1.54, 1.807) is 56.4 Å². The number of carbonyl (C=O) groups is 4. The maximum Gasteiger partial charge on any atom is 0.209 e. The van der Waals surface area contributed by atoms with E-state index in [1.807, 2.05) is 0 Å². The van der Waals surface area contributed by atoms with Crippen LogP contribution in [0.15, 0.2) is 0 Å².